The molecule has 0 unspecified atom stereocenters. The van der Waals surface area contributed by atoms with Gasteiger partial charge < -0.3 is 9.64 Å². The smallest absolute Gasteiger partial charge is 0.264 e. The Bertz CT molecular complexity index is 1370. The van der Waals surface area contributed by atoms with E-state index in [9.17, 15) is 13.2 Å². The van der Waals surface area contributed by atoms with Crippen molar-refractivity contribution < 1.29 is 17.9 Å². The Morgan fingerprint density at radius 2 is 1.68 bits per heavy atom. The number of aryl methyl sites for hydroxylation is 1. The maximum absolute atomic E-state index is 13.8. The van der Waals surface area contributed by atoms with Crippen molar-refractivity contribution in [2.75, 3.05) is 50.7 Å². The lowest BCUT2D eigenvalue weighted by Gasteiger charge is -2.35. The van der Waals surface area contributed by atoms with Gasteiger partial charge in [0.25, 0.3) is 10.0 Å². The number of sulfonamides is 1. The number of piperazine rings is 1. The highest BCUT2D eigenvalue weighted by atomic mass is 79.9. The molecular formula is C29H32BrN3O4S. The van der Waals surface area contributed by atoms with Gasteiger partial charge in [0.2, 0.25) is 5.91 Å². The minimum absolute atomic E-state index is 0.0774. The Morgan fingerprint density at radius 3 is 2.32 bits per heavy atom. The van der Waals surface area contributed by atoms with Crippen molar-refractivity contribution in [2.24, 2.45) is 0 Å². The lowest BCUT2D eigenvalue weighted by atomic mass is 10.2. The Morgan fingerprint density at radius 1 is 1.00 bits per heavy atom. The Kier molecular flexibility index (Phi) is 9.25. The quantitative estimate of drug-likeness (QED) is 0.354. The molecule has 0 saturated carbocycles. The van der Waals surface area contributed by atoms with Crippen LogP contribution in [0, 0.1) is 6.92 Å². The topological polar surface area (TPSA) is 70.2 Å². The van der Waals surface area contributed by atoms with Gasteiger partial charge in [-0.2, -0.15) is 0 Å². The molecule has 0 aliphatic carbocycles. The van der Waals surface area contributed by atoms with E-state index in [2.05, 4.69) is 45.1 Å². The summed E-state index contributed by atoms with van der Waals surface area (Å²) in [5, 5.41) is 0. The Labute approximate surface area is 233 Å². The number of hydrogen-bond donors (Lipinski definition) is 0. The summed E-state index contributed by atoms with van der Waals surface area (Å²) in [6.45, 7) is 5.02. The number of nitrogens with zero attached hydrogens (tertiary/aromatic N) is 3. The van der Waals surface area contributed by atoms with Gasteiger partial charge in [0.15, 0.2) is 0 Å². The van der Waals surface area contributed by atoms with Crippen molar-refractivity contribution in [3.05, 3.63) is 94.5 Å². The van der Waals surface area contributed by atoms with Crippen LogP contribution in [0.15, 0.2) is 88.2 Å². The summed E-state index contributed by atoms with van der Waals surface area (Å²) in [5.41, 5.74) is 2.60. The fraction of sp³-hybridized carbons (Fsp3) is 0.276. The Balaban J connectivity index is 1.45. The van der Waals surface area contributed by atoms with Crippen LogP contribution in [0.2, 0.25) is 0 Å². The third-order valence-electron chi connectivity index (χ3n) is 6.51. The first kappa shape index (κ1) is 27.9. The van der Waals surface area contributed by atoms with Crippen molar-refractivity contribution in [2.45, 2.75) is 11.8 Å². The zero-order valence-corrected chi connectivity index (χ0v) is 24.0. The number of carbonyl (C=O) groups is 1. The molecule has 4 rings (SSSR count). The molecule has 200 valence electrons. The number of carbonyl (C=O) groups excluding carboxylic acids is 1. The Hall–Kier alpha value is -3.14. The summed E-state index contributed by atoms with van der Waals surface area (Å²) in [4.78, 5) is 17.5. The van der Waals surface area contributed by atoms with E-state index < -0.39 is 10.0 Å². The maximum Gasteiger partial charge on any atom is 0.264 e. The zero-order chi connectivity index (χ0) is 27.1. The molecule has 1 heterocycles. The number of hydrogen-bond acceptors (Lipinski definition) is 5. The minimum atomic E-state index is -4.02. The summed E-state index contributed by atoms with van der Waals surface area (Å²) in [6, 6.07) is 21.9. The van der Waals surface area contributed by atoms with Crippen LogP contribution in [-0.2, 0) is 14.8 Å². The summed E-state index contributed by atoms with van der Waals surface area (Å²) >= 11 is 3.37. The fourth-order valence-electron chi connectivity index (χ4n) is 4.27. The average Bonchev–Trinajstić information content (AvgIpc) is 2.93. The largest absolute Gasteiger partial charge is 0.496 e. The molecule has 1 aliphatic heterocycles. The lowest BCUT2D eigenvalue weighted by Crippen LogP contribution is -2.51. The standard InChI is InChI=1S/C29H32BrN3O4S/c1-23-10-12-25(13-11-23)33(38(35,36)26-14-15-28(37-2)27(30)21-26)22-29(34)32-19-17-31(18-20-32)16-6-9-24-7-4-3-5-8-24/h3-15,21H,16-20,22H2,1-2H3/b9-6+. The van der Waals surface area contributed by atoms with Gasteiger partial charge in [0, 0.05) is 32.7 Å². The number of anilines is 1. The summed E-state index contributed by atoms with van der Waals surface area (Å²) in [7, 11) is -2.50. The number of halogens is 1. The van der Waals surface area contributed by atoms with Gasteiger partial charge >= 0.3 is 0 Å². The molecule has 1 saturated heterocycles. The molecule has 0 spiro atoms. The highest BCUT2D eigenvalue weighted by molar-refractivity contribution is 9.10. The van der Waals surface area contributed by atoms with Gasteiger partial charge in [0.1, 0.15) is 12.3 Å². The van der Waals surface area contributed by atoms with Crippen LogP contribution >= 0.6 is 15.9 Å². The van der Waals surface area contributed by atoms with Gasteiger partial charge in [0.05, 0.1) is 22.2 Å². The van der Waals surface area contributed by atoms with E-state index in [-0.39, 0.29) is 17.3 Å². The van der Waals surface area contributed by atoms with Crippen molar-refractivity contribution in [1.29, 1.82) is 0 Å². The summed E-state index contributed by atoms with van der Waals surface area (Å²) < 4.78 is 34.5. The van der Waals surface area contributed by atoms with Gasteiger partial charge in [-0.3, -0.25) is 14.0 Å². The lowest BCUT2D eigenvalue weighted by molar-refractivity contribution is -0.131. The number of amides is 1. The fourth-order valence-corrected chi connectivity index (χ4v) is 6.40. The molecule has 1 aliphatic rings. The van der Waals surface area contributed by atoms with Crippen molar-refractivity contribution in [3.8, 4) is 5.75 Å². The van der Waals surface area contributed by atoms with E-state index in [1.54, 1.807) is 23.1 Å². The SMILES string of the molecule is COc1ccc(S(=O)(=O)N(CC(=O)N2CCN(C/C=C/c3ccccc3)CC2)c2ccc(C)cc2)cc1Br. The second-order valence-electron chi connectivity index (χ2n) is 9.14. The molecular weight excluding hydrogens is 566 g/mol. The highest BCUT2D eigenvalue weighted by Gasteiger charge is 2.30. The predicted molar refractivity (Wildman–Crippen MR) is 155 cm³/mol. The van der Waals surface area contributed by atoms with E-state index in [1.165, 1.54) is 23.5 Å². The summed E-state index contributed by atoms with van der Waals surface area (Å²) in [5.74, 6) is 0.305. The predicted octanol–water partition coefficient (Wildman–Crippen LogP) is 4.82. The summed E-state index contributed by atoms with van der Waals surface area (Å²) in [6.07, 6.45) is 4.23. The second kappa shape index (κ2) is 12.6. The van der Waals surface area contributed by atoms with Crippen LogP contribution in [0.1, 0.15) is 11.1 Å². The van der Waals surface area contributed by atoms with Gasteiger partial charge in [-0.05, 0) is 58.7 Å². The van der Waals surface area contributed by atoms with E-state index in [1.807, 2.05) is 37.3 Å². The van der Waals surface area contributed by atoms with Gasteiger partial charge in [-0.15, -0.1) is 0 Å². The van der Waals surface area contributed by atoms with E-state index in [4.69, 9.17) is 4.74 Å². The van der Waals surface area contributed by atoms with E-state index in [0.29, 0.717) is 29.0 Å². The van der Waals surface area contributed by atoms with Crippen LogP contribution in [0.3, 0.4) is 0 Å². The van der Waals surface area contributed by atoms with Crippen molar-refractivity contribution in [1.82, 2.24) is 9.80 Å². The maximum atomic E-state index is 13.8. The third kappa shape index (κ3) is 6.83. The first-order chi connectivity index (χ1) is 18.3. The molecule has 1 fully saturated rings. The second-order valence-corrected chi connectivity index (χ2v) is 11.9. The molecule has 0 N–H and O–H groups in total. The minimum Gasteiger partial charge on any atom is -0.496 e. The highest BCUT2D eigenvalue weighted by Crippen LogP contribution is 2.31. The van der Waals surface area contributed by atoms with E-state index in [0.717, 1.165) is 30.8 Å². The first-order valence-electron chi connectivity index (χ1n) is 12.4. The first-order valence-corrected chi connectivity index (χ1v) is 14.7. The number of rotatable bonds is 9. The van der Waals surface area contributed by atoms with Crippen LogP contribution in [0.5, 0.6) is 5.75 Å². The molecule has 38 heavy (non-hydrogen) atoms. The molecule has 0 bridgehead atoms. The molecule has 0 atom stereocenters. The molecule has 0 radical (unpaired) electrons. The van der Waals surface area contributed by atoms with Crippen LogP contribution < -0.4 is 9.04 Å². The van der Waals surface area contributed by atoms with Crippen LogP contribution in [0.4, 0.5) is 5.69 Å². The van der Waals surface area contributed by atoms with Crippen molar-refractivity contribution in [3.63, 3.8) is 0 Å². The number of ether oxygens (including phenoxy) is 1. The van der Waals surface area contributed by atoms with Crippen molar-refractivity contribution >= 4 is 43.6 Å². The molecule has 1 amide bonds. The molecule has 9 heteroatoms. The number of benzene rings is 3. The average molecular weight is 599 g/mol. The molecule has 7 nitrogen and oxygen atoms in total. The normalized spacial score (nSPS) is 14.6. The van der Waals surface area contributed by atoms with Crippen LogP contribution in [0.25, 0.3) is 6.08 Å². The molecule has 0 aromatic heterocycles. The van der Waals surface area contributed by atoms with Gasteiger partial charge in [-0.1, -0.05) is 60.2 Å². The molecule has 3 aromatic rings. The zero-order valence-electron chi connectivity index (χ0n) is 21.6. The van der Waals surface area contributed by atoms with Gasteiger partial charge in [-0.25, -0.2) is 8.42 Å². The molecule has 3 aromatic carbocycles. The van der Waals surface area contributed by atoms with E-state index >= 15 is 0 Å². The monoisotopic (exact) mass is 597 g/mol. The van der Waals surface area contributed by atoms with Crippen LogP contribution in [-0.4, -0.2) is 70.5 Å². The number of methoxy groups -OCH3 is 1. The third-order valence-corrected chi connectivity index (χ3v) is 8.90.